The first-order valence-electron chi connectivity index (χ1n) is 13.7. The molecule has 2 unspecified atom stereocenters. The zero-order chi connectivity index (χ0) is 23.5. The third-order valence-corrected chi connectivity index (χ3v) is 13.4. The zero-order valence-electron chi connectivity index (χ0n) is 22.1. The second-order valence-corrected chi connectivity index (χ2v) is 14.9. The minimum Gasteiger partial charge on any atom is -0.393 e. The zero-order valence-corrected chi connectivity index (χ0v) is 22.1. The standard InChI is InChI=1S/C30H50O2/c1-19(2)30(32)17-16-26(5)21-10-11-22-27(6)14-9-13-25(3,4)24(27)20(31)18-29(22,8)28(21,7)15-12-23(26)30/h20-24,31-32H,1,9-18H2,2-8H3/t20-,21+,22+,23?,24?,26+,27+,28+,29+,30-/m0/s1. The van der Waals surface area contributed by atoms with Gasteiger partial charge in [0.05, 0.1) is 11.7 Å². The number of fused-ring (bicyclic) bond motifs is 7. The van der Waals surface area contributed by atoms with Crippen LogP contribution in [0.2, 0.25) is 0 Å². The van der Waals surface area contributed by atoms with E-state index in [0.29, 0.717) is 23.7 Å². The van der Waals surface area contributed by atoms with Gasteiger partial charge in [-0.3, -0.25) is 0 Å². The molecule has 0 spiro atoms. The van der Waals surface area contributed by atoms with Crippen LogP contribution in [0.15, 0.2) is 12.2 Å². The van der Waals surface area contributed by atoms with E-state index < -0.39 is 5.60 Å². The molecule has 2 N–H and O–H groups in total. The molecule has 5 rings (SSSR count). The van der Waals surface area contributed by atoms with Crippen molar-refractivity contribution in [1.29, 1.82) is 0 Å². The average molecular weight is 443 g/mol. The highest BCUT2D eigenvalue weighted by Gasteiger charge is 2.72. The van der Waals surface area contributed by atoms with Gasteiger partial charge < -0.3 is 10.2 Å². The Labute approximate surface area is 197 Å². The SMILES string of the molecule is C=C(C)[C@@]1(O)CC[C@@]2(C)C1CC[C@]1(C)[C@@H]2CC[C@@H]2[C@@]3(C)CCCC(C)(C)C3[C@@H](O)C[C@]21C. The highest BCUT2D eigenvalue weighted by molar-refractivity contribution is 5.26. The Bertz CT molecular complexity index is 816. The summed E-state index contributed by atoms with van der Waals surface area (Å²) in [6, 6.07) is 0. The Hall–Kier alpha value is -0.340. The smallest absolute Gasteiger partial charge is 0.0885 e. The Morgan fingerprint density at radius 3 is 2.00 bits per heavy atom. The number of hydrogen-bond acceptors (Lipinski definition) is 2. The summed E-state index contributed by atoms with van der Waals surface area (Å²) in [5, 5.41) is 23.4. The molecule has 0 aromatic heterocycles. The second kappa shape index (κ2) is 6.66. The van der Waals surface area contributed by atoms with E-state index in [1.807, 2.05) is 6.92 Å². The van der Waals surface area contributed by atoms with Crippen molar-refractivity contribution in [3.63, 3.8) is 0 Å². The molecule has 182 valence electrons. The lowest BCUT2D eigenvalue weighted by molar-refractivity contribution is -0.269. The van der Waals surface area contributed by atoms with E-state index in [2.05, 4.69) is 48.1 Å². The Morgan fingerprint density at radius 1 is 0.750 bits per heavy atom. The maximum Gasteiger partial charge on any atom is 0.0885 e. The van der Waals surface area contributed by atoms with Gasteiger partial charge in [-0.2, -0.15) is 0 Å². The van der Waals surface area contributed by atoms with Crippen molar-refractivity contribution < 1.29 is 10.2 Å². The maximum atomic E-state index is 11.8. The van der Waals surface area contributed by atoms with Gasteiger partial charge in [-0.25, -0.2) is 0 Å². The van der Waals surface area contributed by atoms with E-state index in [4.69, 9.17) is 0 Å². The first kappa shape index (κ1) is 23.4. The summed E-state index contributed by atoms with van der Waals surface area (Å²) < 4.78 is 0. The molecule has 0 amide bonds. The van der Waals surface area contributed by atoms with Crippen molar-refractivity contribution in [2.45, 2.75) is 124 Å². The van der Waals surface area contributed by atoms with Crippen molar-refractivity contribution in [1.82, 2.24) is 0 Å². The van der Waals surface area contributed by atoms with Gasteiger partial charge >= 0.3 is 0 Å². The van der Waals surface area contributed by atoms with Crippen LogP contribution < -0.4 is 0 Å². The third kappa shape index (κ3) is 2.55. The lowest BCUT2D eigenvalue weighted by Gasteiger charge is -2.73. The predicted octanol–water partition coefficient (Wildman–Crippen LogP) is 7.14. The van der Waals surface area contributed by atoms with Gasteiger partial charge in [0.25, 0.3) is 0 Å². The van der Waals surface area contributed by atoms with E-state index >= 15 is 0 Å². The fraction of sp³-hybridized carbons (Fsp3) is 0.933. The highest BCUT2D eigenvalue weighted by atomic mass is 16.3. The lowest BCUT2D eigenvalue weighted by atomic mass is 9.31. The summed E-state index contributed by atoms with van der Waals surface area (Å²) in [5.41, 5.74) is 1.37. The van der Waals surface area contributed by atoms with Gasteiger partial charge in [-0.05, 0) is 121 Å². The largest absolute Gasteiger partial charge is 0.393 e. The van der Waals surface area contributed by atoms with Crippen LogP contribution in [0.5, 0.6) is 0 Å². The lowest BCUT2D eigenvalue weighted by Crippen LogP contribution is -2.69. The summed E-state index contributed by atoms with van der Waals surface area (Å²) in [4.78, 5) is 0. The monoisotopic (exact) mass is 442 g/mol. The van der Waals surface area contributed by atoms with Gasteiger partial charge in [0.15, 0.2) is 0 Å². The van der Waals surface area contributed by atoms with Crippen molar-refractivity contribution in [3.05, 3.63) is 12.2 Å². The van der Waals surface area contributed by atoms with Gasteiger partial charge in [0.2, 0.25) is 0 Å². The molecule has 0 aromatic carbocycles. The molecular weight excluding hydrogens is 392 g/mol. The molecule has 0 saturated heterocycles. The van der Waals surface area contributed by atoms with E-state index in [0.717, 1.165) is 31.3 Å². The van der Waals surface area contributed by atoms with Crippen LogP contribution in [-0.2, 0) is 0 Å². The Kier molecular flexibility index (Phi) is 4.87. The highest BCUT2D eigenvalue weighted by Crippen LogP contribution is 2.78. The molecular formula is C30H50O2. The fourth-order valence-corrected chi connectivity index (χ4v) is 12.0. The van der Waals surface area contributed by atoms with E-state index in [-0.39, 0.29) is 33.2 Å². The van der Waals surface area contributed by atoms with Crippen LogP contribution in [-0.4, -0.2) is 21.9 Å². The molecule has 2 nitrogen and oxygen atoms in total. The Morgan fingerprint density at radius 2 is 1.38 bits per heavy atom. The molecule has 5 aliphatic rings. The first-order valence-corrected chi connectivity index (χ1v) is 13.7. The van der Waals surface area contributed by atoms with Gasteiger partial charge in [0.1, 0.15) is 0 Å². The molecule has 5 saturated carbocycles. The normalized spacial score (nSPS) is 58.8. The van der Waals surface area contributed by atoms with Gasteiger partial charge in [-0.15, -0.1) is 0 Å². The fourth-order valence-electron chi connectivity index (χ4n) is 12.0. The summed E-state index contributed by atoms with van der Waals surface area (Å²) in [7, 11) is 0. The van der Waals surface area contributed by atoms with E-state index in [1.165, 1.54) is 38.5 Å². The molecule has 5 fully saturated rings. The van der Waals surface area contributed by atoms with Crippen LogP contribution in [0.25, 0.3) is 0 Å². The molecule has 0 aromatic rings. The van der Waals surface area contributed by atoms with Gasteiger partial charge in [0, 0.05) is 0 Å². The molecule has 5 aliphatic carbocycles. The molecule has 2 heteroatoms. The third-order valence-electron chi connectivity index (χ3n) is 13.4. The minimum atomic E-state index is -0.676. The van der Waals surface area contributed by atoms with Crippen LogP contribution in [0.1, 0.15) is 113 Å². The van der Waals surface area contributed by atoms with Crippen LogP contribution in [0.4, 0.5) is 0 Å². The van der Waals surface area contributed by atoms with Crippen LogP contribution in [0, 0.1) is 50.7 Å². The number of aliphatic hydroxyl groups is 2. The van der Waals surface area contributed by atoms with E-state index in [1.54, 1.807) is 0 Å². The van der Waals surface area contributed by atoms with Crippen LogP contribution in [0.3, 0.4) is 0 Å². The molecule has 10 atom stereocenters. The predicted molar refractivity (Wildman–Crippen MR) is 132 cm³/mol. The summed E-state index contributed by atoms with van der Waals surface area (Å²) >= 11 is 0. The summed E-state index contributed by atoms with van der Waals surface area (Å²) in [6.07, 6.45) is 11.5. The van der Waals surface area contributed by atoms with Crippen molar-refractivity contribution >= 4 is 0 Å². The topological polar surface area (TPSA) is 40.5 Å². The second-order valence-electron chi connectivity index (χ2n) is 14.9. The molecule has 0 bridgehead atoms. The summed E-state index contributed by atoms with van der Waals surface area (Å²) in [5.74, 6) is 2.10. The Balaban J connectivity index is 1.57. The number of aliphatic hydroxyl groups excluding tert-OH is 1. The van der Waals surface area contributed by atoms with Gasteiger partial charge in [-0.1, -0.05) is 54.5 Å². The number of rotatable bonds is 1. The molecule has 32 heavy (non-hydrogen) atoms. The quantitative estimate of drug-likeness (QED) is 0.424. The molecule has 0 aliphatic heterocycles. The first-order chi connectivity index (χ1) is 14.7. The van der Waals surface area contributed by atoms with Crippen LogP contribution >= 0.6 is 0 Å². The maximum absolute atomic E-state index is 11.8. The van der Waals surface area contributed by atoms with Crippen molar-refractivity contribution in [3.8, 4) is 0 Å². The van der Waals surface area contributed by atoms with Crippen molar-refractivity contribution in [2.24, 2.45) is 50.7 Å². The molecule has 0 heterocycles. The number of hydrogen-bond donors (Lipinski definition) is 2. The minimum absolute atomic E-state index is 0.173. The molecule has 0 radical (unpaired) electrons. The van der Waals surface area contributed by atoms with Crippen molar-refractivity contribution in [2.75, 3.05) is 0 Å². The van der Waals surface area contributed by atoms with E-state index in [9.17, 15) is 10.2 Å². The summed E-state index contributed by atoms with van der Waals surface area (Å²) in [6.45, 7) is 21.4. The average Bonchev–Trinajstić information content (AvgIpc) is 2.94.